The summed E-state index contributed by atoms with van der Waals surface area (Å²) in [5.41, 5.74) is 9.19. The van der Waals surface area contributed by atoms with Gasteiger partial charge in [0, 0.05) is 74.6 Å². The Kier molecular flexibility index (Phi) is 11.4. The molecule has 220 valence electrons. The maximum Gasteiger partial charge on any atom is 0.269 e. The molecule has 4 aliphatic heterocycles. The summed E-state index contributed by atoms with van der Waals surface area (Å²) < 4.78 is 0. The number of non-ortho nitro benzene ring substituents is 1. The van der Waals surface area contributed by atoms with E-state index < -0.39 is 0 Å². The van der Waals surface area contributed by atoms with E-state index in [2.05, 4.69) is 31.7 Å². The number of hydrogen-bond acceptors (Lipinski definition) is 8. The monoisotopic (exact) mass is 552 g/mol. The standard InChI is InChI=1S/C15H21N3O2.C15H23N3.CH4O/c19-18(20)15-5-3-13(4-6-15)17-11-7-14(8-12-17)16-9-1-2-10-16;16-13-3-5-14(6-4-13)18-11-7-15(8-12-18)17-9-1-2-10-17;1-2/h3-6,14H,1-2,7-12H2;3-6,15H,1-2,7-12,16H2;2H,1H3. The third-order valence-electron chi connectivity index (χ3n) is 8.93. The summed E-state index contributed by atoms with van der Waals surface area (Å²) in [5, 5.41) is 17.7. The van der Waals surface area contributed by atoms with Crippen molar-refractivity contribution < 1.29 is 10.0 Å². The fourth-order valence-corrected chi connectivity index (χ4v) is 6.66. The molecule has 0 amide bonds. The van der Waals surface area contributed by atoms with Crippen molar-refractivity contribution in [3.05, 3.63) is 58.6 Å². The second-order valence-corrected chi connectivity index (χ2v) is 11.3. The molecule has 0 aromatic heterocycles. The van der Waals surface area contributed by atoms with Crippen LogP contribution in [-0.2, 0) is 0 Å². The molecule has 0 atom stereocenters. The minimum Gasteiger partial charge on any atom is -0.400 e. The van der Waals surface area contributed by atoms with Crippen molar-refractivity contribution in [2.45, 2.75) is 63.5 Å². The fraction of sp³-hybridized carbons (Fsp3) is 0.613. The van der Waals surface area contributed by atoms with E-state index in [-0.39, 0.29) is 10.6 Å². The van der Waals surface area contributed by atoms with E-state index in [9.17, 15) is 10.1 Å². The number of aliphatic hydroxyl groups is 1. The fourth-order valence-electron chi connectivity index (χ4n) is 6.66. The molecule has 3 N–H and O–H groups in total. The number of nitrogens with two attached hydrogens (primary N) is 1. The van der Waals surface area contributed by atoms with E-state index in [0.717, 1.165) is 43.7 Å². The smallest absolute Gasteiger partial charge is 0.269 e. The zero-order chi connectivity index (χ0) is 28.3. The lowest BCUT2D eigenvalue weighted by Gasteiger charge is -2.37. The first kappa shape index (κ1) is 30.1. The lowest BCUT2D eigenvalue weighted by atomic mass is 10.0. The number of hydrogen-bond donors (Lipinski definition) is 2. The Morgan fingerprint density at radius 2 is 1.00 bits per heavy atom. The Morgan fingerprint density at radius 1 is 0.650 bits per heavy atom. The predicted octanol–water partition coefficient (Wildman–Crippen LogP) is 4.60. The Labute approximate surface area is 239 Å². The highest BCUT2D eigenvalue weighted by Gasteiger charge is 2.27. The lowest BCUT2D eigenvalue weighted by Crippen LogP contribution is -2.43. The molecule has 2 aromatic rings. The number of aliphatic hydroxyl groups excluding tert-OH is 1. The highest BCUT2D eigenvalue weighted by atomic mass is 16.6. The van der Waals surface area contributed by atoms with Crippen molar-refractivity contribution in [1.29, 1.82) is 0 Å². The van der Waals surface area contributed by atoms with Gasteiger partial charge in [0.2, 0.25) is 0 Å². The largest absolute Gasteiger partial charge is 0.400 e. The number of rotatable bonds is 5. The van der Waals surface area contributed by atoms with Crippen LogP contribution in [0.15, 0.2) is 48.5 Å². The summed E-state index contributed by atoms with van der Waals surface area (Å²) in [6.07, 6.45) is 10.5. The molecule has 4 fully saturated rings. The Bertz CT molecular complexity index is 1010. The maximum atomic E-state index is 10.7. The molecular weight excluding hydrogens is 504 g/mol. The second-order valence-electron chi connectivity index (χ2n) is 11.3. The zero-order valence-corrected chi connectivity index (χ0v) is 24.2. The normalized spacial score (nSPS) is 20.9. The number of piperidine rings is 2. The van der Waals surface area contributed by atoms with Crippen LogP contribution in [0.1, 0.15) is 51.4 Å². The van der Waals surface area contributed by atoms with Gasteiger partial charge in [-0.2, -0.15) is 0 Å². The third kappa shape index (κ3) is 8.08. The Hall–Kier alpha value is -2.88. The van der Waals surface area contributed by atoms with Gasteiger partial charge in [0.05, 0.1) is 4.92 Å². The maximum absolute atomic E-state index is 10.7. The van der Waals surface area contributed by atoms with Gasteiger partial charge < -0.3 is 30.4 Å². The lowest BCUT2D eigenvalue weighted by molar-refractivity contribution is -0.384. The number of benzene rings is 2. The van der Waals surface area contributed by atoms with Gasteiger partial charge in [0.1, 0.15) is 0 Å². The van der Waals surface area contributed by atoms with Crippen LogP contribution < -0.4 is 15.5 Å². The van der Waals surface area contributed by atoms with Crippen LogP contribution in [0.3, 0.4) is 0 Å². The van der Waals surface area contributed by atoms with E-state index in [1.165, 1.54) is 96.3 Å². The molecule has 6 rings (SSSR count). The number of nitrogen functional groups attached to an aromatic ring is 1. The van der Waals surface area contributed by atoms with E-state index in [0.29, 0.717) is 0 Å². The van der Waals surface area contributed by atoms with Crippen LogP contribution >= 0.6 is 0 Å². The summed E-state index contributed by atoms with van der Waals surface area (Å²) in [7, 11) is 1.00. The van der Waals surface area contributed by atoms with Crippen LogP contribution in [0.5, 0.6) is 0 Å². The SMILES string of the molecule is CO.Nc1ccc(N2CCC(N3CCCC3)CC2)cc1.O=[N+]([O-])c1ccc(N2CCC(N3CCCC3)CC2)cc1. The van der Waals surface area contributed by atoms with Gasteiger partial charge in [-0.15, -0.1) is 0 Å². The summed E-state index contributed by atoms with van der Waals surface area (Å²) in [4.78, 5) is 20.5. The molecule has 0 radical (unpaired) electrons. The first-order valence-corrected chi connectivity index (χ1v) is 15.1. The van der Waals surface area contributed by atoms with E-state index >= 15 is 0 Å². The van der Waals surface area contributed by atoms with Gasteiger partial charge in [0.15, 0.2) is 0 Å². The quantitative estimate of drug-likeness (QED) is 0.315. The highest BCUT2D eigenvalue weighted by molar-refractivity contribution is 5.53. The number of likely N-dealkylation sites (tertiary alicyclic amines) is 2. The zero-order valence-electron chi connectivity index (χ0n) is 24.2. The Balaban J connectivity index is 0.000000175. The van der Waals surface area contributed by atoms with Crippen LogP contribution in [0.25, 0.3) is 0 Å². The average Bonchev–Trinajstić information content (AvgIpc) is 3.75. The van der Waals surface area contributed by atoms with Crippen molar-refractivity contribution in [2.24, 2.45) is 0 Å². The second kappa shape index (κ2) is 15.2. The number of anilines is 3. The number of nitro benzene ring substituents is 1. The number of nitro groups is 1. The molecule has 4 aliphatic rings. The first-order valence-electron chi connectivity index (χ1n) is 15.1. The summed E-state index contributed by atoms with van der Waals surface area (Å²) >= 11 is 0. The van der Waals surface area contributed by atoms with Crippen molar-refractivity contribution >= 4 is 22.7 Å². The first-order chi connectivity index (χ1) is 19.6. The van der Waals surface area contributed by atoms with Crippen molar-refractivity contribution in [3.8, 4) is 0 Å². The predicted molar refractivity (Wildman–Crippen MR) is 164 cm³/mol. The third-order valence-corrected chi connectivity index (χ3v) is 8.93. The summed E-state index contributed by atoms with van der Waals surface area (Å²) in [6, 6.07) is 16.8. The molecule has 40 heavy (non-hydrogen) atoms. The van der Waals surface area contributed by atoms with Gasteiger partial charge in [-0.05, 0) is 114 Å². The van der Waals surface area contributed by atoms with Gasteiger partial charge in [0.25, 0.3) is 5.69 Å². The van der Waals surface area contributed by atoms with Crippen molar-refractivity contribution in [3.63, 3.8) is 0 Å². The molecular formula is C31H48N6O3. The van der Waals surface area contributed by atoms with Crippen LogP contribution in [0, 0.1) is 10.1 Å². The molecule has 0 bridgehead atoms. The number of nitrogens with zero attached hydrogens (tertiary/aromatic N) is 5. The molecule has 0 unspecified atom stereocenters. The topological polar surface area (TPSA) is 102 Å². The molecule has 4 saturated heterocycles. The molecule has 9 heteroatoms. The van der Waals surface area contributed by atoms with Gasteiger partial charge >= 0.3 is 0 Å². The molecule has 4 heterocycles. The van der Waals surface area contributed by atoms with Crippen LogP contribution in [0.4, 0.5) is 22.7 Å². The minimum atomic E-state index is -0.344. The molecule has 9 nitrogen and oxygen atoms in total. The Morgan fingerprint density at radius 3 is 1.35 bits per heavy atom. The van der Waals surface area contributed by atoms with Crippen LogP contribution in [0.2, 0.25) is 0 Å². The van der Waals surface area contributed by atoms with E-state index in [1.807, 2.05) is 24.3 Å². The van der Waals surface area contributed by atoms with Gasteiger partial charge in [-0.25, -0.2) is 0 Å². The average molecular weight is 553 g/mol. The van der Waals surface area contributed by atoms with Gasteiger partial charge in [-0.3, -0.25) is 10.1 Å². The van der Waals surface area contributed by atoms with Crippen molar-refractivity contribution in [1.82, 2.24) is 9.80 Å². The molecule has 0 spiro atoms. The highest BCUT2D eigenvalue weighted by Crippen LogP contribution is 2.27. The molecule has 0 aliphatic carbocycles. The van der Waals surface area contributed by atoms with Crippen molar-refractivity contribution in [2.75, 3.05) is 75.0 Å². The van der Waals surface area contributed by atoms with Gasteiger partial charge in [-0.1, -0.05) is 0 Å². The molecule has 0 saturated carbocycles. The summed E-state index contributed by atoms with van der Waals surface area (Å²) in [5.74, 6) is 0. The summed E-state index contributed by atoms with van der Waals surface area (Å²) in [6.45, 7) is 9.66. The van der Waals surface area contributed by atoms with Crippen LogP contribution in [-0.4, -0.2) is 91.4 Å². The molecule has 2 aromatic carbocycles. The van der Waals surface area contributed by atoms with E-state index in [1.54, 1.807) is 12.1 Å². The minimum absolute atomic E-state index is 0.167. The van der Waals surface area contributed by atoms with E-state index in [4.69, 9.17) is 10.8 Å².